The molecule has 0 unspecified atom stereocenters. The van der Waals surface area contributed by atoms with Gasteiger partial charge >= 0.3 is 0 Å². The molecule has 53 heavy (non-hydrogen) atoms. The lowest BCUT2D eigenvalue weighted by Gasteiger charge is -2.08. The predicted octanol–water partition coefficient (Wildman–Crippen LogP) is 12.6. The highest BCUT2D eigenvalue weighted by atomic mass is 32.1. The van der Waals surface area contributed by atoms with Crippen LogP contribution in [0, 0.1) is 0 Å². The van der Waals surface area contributed by atoms with E-state index in [1.165, 1.54) is 46.8 Å². The average molecular weight is 714 g/mol. The van der Waals surface area contributed by atoms with Crippen molar-refractivity contribution in [2.75, 3.05) is 0 Å². The van der Waals surface area contributed by atoms with E-state index >= 15 is 0 Å². The fourth-order valence-corrected chi connectivity index (χ4v) is 9.61. The number of nitrogens with zero attached hydrogens (tertiary/aromatic N) is 5. The fourth-order valence-electron chi connectivity index (χ4n) is 7.40. The maximum Gasteiger partial charge on any atom is 0.195 e. The Morgan fingerprint density at radius 3 is 1.79 bits per heavy atom. The molecule has 0 spiro atoms. The maximum absolute atomic E-state index is 5.08. The maximum atomic E-state index is 5.08. The lowest BCUT2D eigenvalue weighted by atomic mass is 10.0. The van der Waals surface area contributed by atoms with E-state index in [1.807, 2.05) is 72.0 Å². The minimum absolute atomic E-state index is 0.656. The number of fused-ring (bicyclic) bond motifs is 7. The van der Waals surface area contributed by atoms with E-state index in [0.717, 1.165) is 38.4 Å². The van der Waals surface area contributed by atoms with Crippen LogP contribution in [-0.4, -0.2) is 24.5 Å². The topological polar surface area (TPSA) is 56.5 Å². The number of thiophene rings is 1. The molecule has 4 aromatic heterocycles. The molecule has 7 aromatic carbocycles. The SMILES string of the molecule is c1ccc(-c2nc(-c3ccccc3)nc(-c3ccc4sc5c(-c6ccc7c8ccccc8n(-c8nc9ccccc9s8)c7c6)cccc5c4c3)n2)cc1. The van der Waals surface area contributed by atoms with Crippen LogP contribution in [0.4, 0.5) is 0 Å². The average Bonchev–Trinajstić information content (AvgIpc) is 3.92. The van der Waals surface area contributed by atoms with Gasteiger partial charge in [-0.2, -0.15) is 0 Å². The molecule has 11 aromatic rings. The summed E-state index contributed by atoms with van der Waals surface area (Å²) in [5, 5.41) is 5.84. The number of thiazole rings is 1. The van der Waals surface area contributed by atoms with E-state index in [9.17, 15) is 0 Å². The van der Waals surface area contributed by atoms with Crippen molar-refractivity contribution in [1.82, 2.24) is 24.5 Å². The Hall–Kier alpha value is -6.54. The van der Waals surface area contributed by atoms with Gasteiger partial charge in [-0.1, -0.05) is 133 Å². The molecule has 0 bridgehead atoms. The third kappa shape index (κ3) is 4.97. The van der Waals surface area contributed by atoms with Gasteiger partial charge in [0.15, 0.2) is 22.6 Å². The molecule has 0 saturated carbocycles. The van der Waals surface area contributed by atoms with Crippen LogP contribution >= 0.6 is 22.7 Å². The van der Waals surface area contributed by atoms with Crippen LogP contribution in [0.1, 0.15) is 0 Å². The molecule has 0 aliphatic rings. The van der Waals surface area contributed by atoms with Gasteiger partial charge in [-0.25, -0.2) is 19.9 Å². The van der Waals surface area contributed by atoms with Gasteiger partial charge in [-0.3, -0.25) is 4.57 Å². The molecule has 7 heteroatoms. The number of hydrogen-bond donors (Lipinski definition) is 0. The summed E-state index contributed by atoms with van der Waals surface area (Å²) < 4.78 is 6.00. The standard InChI is InChI=1S/C46H27N5S2/c1-3-12-28(13-4-1)43-48-44(29-14-5-2-6-15-29)50-45(49-43)31-23-25-40-36(26-31)35-18-11-17-32(42(35)52-40)30-22-24-34-33-16-7-9-20-38(33)51(39(34)27-30)46-47-37-19-8-10-21-41(37)53-46/h1-27H. The van der Waals surface area contributed by atoms with Crippen LogP contribution in [0.5, 0.6) is 0 Å². The van der Waals surface area contributed by atoms with Crippen LogP contribution in [0.3, 0.4) is 0 Å². The Morgan fingerprint density at radius 2 is 1.02 bits per heavy atom. The van der Waals surface area contributed by atoms with Crippen molar-refractivity contribution < 1.29 is 0 Å². The second kappa shape index (κ2) is 12.0. The number of benzene rings is 7. The molecular weight excluding hydrogens is 687 g/mol. The van der Waals surface area contributed by atoms with Gasteiger partial charge in [-0.05, 0) is 53.6 Å². The molecule has 248 valence electrons. The van der Waals surface area contributed by atoms with Crippen LogP contribution in [0.2, 0.25) is 0 Å². The molecule has 0 radical (unpaired) electrons. The first-order valence-corrected chi connectivity index (χ1v) is 19.1. The van der Waals surface area contributed by atoms with Crippen molar-refractivity contribution in [2.24, 2.45) is 0 Å². The van der Waals surface area contributed by atoms with Gasteiger partial charge in [0.1, 0.15) is 0 Å². The zero-order valence-electron chi connectivity index (χ0n) is 28.1. The Morgan fingerprint density at radius 1 is 0.377 bits per heavy atom. The lowest BCUT2D eigenvalue weighted by molar-refractivity contribution is 1.07. The number of para-hydroxylation sites is 2. The molecule has 0 aliphatic carbocycles. The van der Waals surface area contributed by atoms with Crippen LogP contribution < -0.4 is 0 Å². The predicted molar refractivity (Wildman–Crippen MR) is 222 cm³/mol. The van der Waals surface area contributed by atoms with E-state index in [-0.39, 0.29) is 0 Å². The Kier molecular flexibility index (Phi) is 6.83. The van der Waals surface area contributed by atoms with Crippen molar-refractivity contribution in [3.05, 3.63) is 164 Å². The molecular formula is C46H27N5S2. The van der Waals surface area contributed by atoms with Crippen molar-refractivity contribution in [1.29, 1.82) is 0 Å². The van der Waals surface area contributed by atoms with Gasteiger partial charge in [0, 0.05) is 47.6 Å². The first-order valence-electron chi connectivity index (χ1n) is 17.5. The van der Waals surface area contributed by atoms with E-state index in [1.54, 1.807) is 11.3 Å². The van der Waals surface area contributed by atoms with Gasteiger partial charge in [0.25, 0.3) is 0 Å². The minimum Gasteiger partial charge on any atom is -0.285 e. The van der Waals surface area contributed by atoms with Gasteiger partial charge < -0.3 is 0 Å². The molecule has 0 atom stereocenters. The largest absolute Gasteiger partial charge is 0.285 e. The zero-order valence-corrected chi connectivity index (χ0v) is 29.8. The quantitative estimate of drug-likeness (QED) is 0.178. The number of hydrogen-bond acceptors (Lipinski definition) is 6. The monoisotopic (exact) mass is 713 g/mol. The Bertz CT molecular complexity index is 3090. The van der Waals surface area contributed by atoms with Crippen molar-refractivity contribution in [2.45, 2.75) is 0 Å². The van der Waals surface area contributed by atoms with Gasteiger partial charge in [0.2, 0.25) is 0 Å². The summed E-state index contributed by atoms with van der Waals surface area (Å²) in [7, 11) is 0. The van der Waals surface area contributed by atoms with Crippen molar-refractivity contribution in [3.8, 4) is 50.4 Å². The molecule has 0 fully saturated rings. The molecule has 0 amide bonds. The fraction of sp³-hybridized carbons (Fsp3) is 0. The molecule has 0 aliphatic heterocycles. The molecule has 0 saturated heterocycles. The smallest absolute Gasteiger partial charge is 0.195 e. The zero-order chi connectivity index (χ0) is 34.9. The first-order chi connectivity index (χ1) is 26.2. The van der Waals surface area contributed by atoms with E-state index in [4.69, 9.17) is 19.9 Å². The molecule has 5 nitrogen and oxygen atoms in total. The Balaban J connectivity index is 1.07. The Labute approximate surface area is 312 Å². The number of rotatable bonds is 5. The number of aromatic nitrogens is 5. The molecule has 4 heterocycles. The second-order valence-corrected chi connectivity index (χ2v) is 15.1. The summed E-state index contributed by atoms with van der Waals surface area (Å²) in [5.74, 6) is 1.97. The summed E-state index contributed by atoms with van der Waals surface area (Å²) >= 11 is 3.56. The van der Waals surface area contributed by atoms with Crippen molar-refractivity contribution in [3.63, 3.8) is 0 Å². The highest BCUT2D eigenvalue weighted by Crippen LogP contribution is 2.43. The van der Waals surface area contributed by atoms with Crippen molar-refractivity contribution >= 4 is 74.9 Å². The third-order valence-electron chi connectivity index (χ3n) is 9.91. The first kappa shape index (κ1) is 30.1. The minimum atomic E-state index is 0.656. The van der Waals surface area contributed by atoms with Gasteiger partial charge in [-0.15, -0.1) is 11.3 Å². The molecule has 0 N–H and O–H groups in total. The van der Waals surface area contributed by atoms with Gasteiger partial charge in [0.05, 0.1) is 21.3 Å². The summed E-state index contributed by atoms with van der Waals surface area (Å²) in [6.07, 6.45) is 0. The van der Waals surface area contributed by atoms with E-state index < -0.39 is 0 Å². The lowest BCUT2D eigenvalue weighted by Crippen LogP contribution is -2.00. The van der Waals surface area contributed by atoms with Crippen LogP contribution in [0.25, 0.3) is 103 Å². The normalized spacial score (nSPS) is 11.8. The van der Waals surface area contributed by atoms with Crippen LogP contribution in [-0.2, 0) is 0 Å². The summed E-state index contributed by atoms with van der Waals surface area (Å²) in [6, 6.07) is 57.4. The van der Waals surface area contributed by atoms with E-state index in [0.29, 0.717) is 17.5 Å². The summed E-state index contributed by atoms with van der Waals surface area (Å²) in [6.45, 7) is 0. The summed E-state index contributed by atoms with van der Waals surface area (Å²) in [4.78, 5) is 20.0. The third-order valence-corrected chi connectivity index (χ3v) is 12.2. The second-order valence-electron chi connectivity index (χ2n) is 13.1. The summed E-state index contributed by atoms with van der Waals surface area (Å²) in [5.41, 5.74) is 8.61. The van der Waals surface area contributed by atoms with Crippen LogP contribution in [0.15, 0.2) is 164 Å². The van der Waals surface area contributed by atoms with E-state index in [2.05, 4.69) is 108 Å². The highest BCUT2D eigenvalue weighted by Gasteiger charge is 2.19. The molecule has 11 rings (SSSR count). The highest BCUT2D eigenvalue weighted by molar-refractivity contribution is 7.26.